The second kappa shape index (κ2) is 53.0. The molecule has 380 valence electrons. The summed E-state index contributed by atoms with van der Waals surface area (Å²) >= 11 is 0. The third kappa shape index (κ3) is 47.5. The van der Waals surface area contributed by atoms with Gasteiger partial charge in [-0.05, 0) is 76.7 Å². The molecular formula is C60H105NO5. The quantitative estimate of drug-likeness (QED) is 0.0245. The number of esters is 1. The summed E-state index contributed by atoms with van der Waals surface area (Å²) in [6.07, 6.45) is 69.6. The van der Waals surface area contributed by atoms with Gasteiger partial charge in [0.2, 0.25) is 5.91 Å². The van der Waals surface area contributed by atoms with E-state index in [0.29, 0.717) is 19.3 Å². The van der Waals surface area contributed by atoms with Gasteiger partial charge in [0, 0.05) is 6.42 Å². The SMILES string of the molecule is CC/C=C/C/C=C/C/C=C/C/C=C/C/C=C/C(CC(=O)NC(CO)C(O)CCCCCCCCCCCCCCCCC)OC(=O)CCCCCCC/C=C/C=C/CCCCCCCCC. The standard InChI is InChI=1S/C60H105NO5/c1-4-7-10-13-16-19-22-25-28-29-30-32-35-38-41-44-47-50-53-60(65)66-56(51-48-45-42-39-36-33-27-24-21-18-15-12-9-6-3)54-59(64)61-57(55-62)58(63)52-49-46-43-40-37-34-31-26-23-20-17-14-11-8-5-2/h9,12,18,21,27-30,32-33,39,42,48,51,56-58,62-63H,4-8,10-11,13-17,19-20,22-26,31,34-38,40-41,43-47,49-50,52-55H2,1-3H3,(H,61,64)/b12-9+,21-18+,29-28+,32-30+,33-27+,42-39+,51-48+. The van der Waals surface area contributed by atoms with Crippen molar-refractivity contribution in [1.82, 2.24) is 5.32 Å². The molecule has 0 aromatic carbocycles. The van der Waals surface area contributed by atoms with Gasteiger partial charge in [0.05, 0.1) is 25.2 Å². The smallest absolute Gasteiger partial charge is 0.306 e. The Balaban J connectivity index is 4.70. The Bertz CT molecular complexity index is 1260. The molecule has 3 N–H and O–H groups in total. The highest BCUT2D eigenvalue weighted by Gasteiger charge is 2.23. The number of ether oxygens (including phenoxy) is 1. The maximum atomic E-state index is 13.2. The second-order valence-corrected chi connectivity index (χ2v) is 18.6. The van der Waals surface area contributed by atoms with Crippen LogP contribution in [0.3, 0.4) is 0 Å². The molecule has 0 saturated heterocycles. The molecule has 0 aliphatic carbocycles. The Kier molecular flexibility index (Phi) is 50.6. The Hall–Kier alpha value is -2.96. The zero-order valence-electron chi connectivity index (χ0n) is 43.3. The zero-order chi connectivity index (χ0) is 48.1. The van der Waals surface area contributed by atoms with Crippen LogP contribution in [-0.2, 0) is 14.3 Å². The third-order valence-corrected chi connectivity index (χ3v) is 12.2. The maximum Gasteiger partial charge on any atom is 0.306 e. The van der Waals surface area contributed by atoms with Crippen LogP contribution >= 0.6 is 0 Å². The fourth-order valence-electron chi connectivity index (χ4n) is 8.03. The molecule has 6 nitrogen and oxygen atoms in total. The fourth-order valence-corrected chi connectivity index (χ4v) is 8.03. The van der Waals surface area contributed by atoms with Crippen molar-refractivity contribution in [2.45, 2.75) is 277 Å². The van der Waals surface area contributed by atoms with Crippen LogP contribution < -0.4 is 5.32 Å². The van der Waals surface area contributed by atoms with E-state index >= 15 is 0 Å². The number of nitrogens with one attached hydrogen (secondary N) is 1. The van der Waals surface area contributed by atoms with E-state index in [1.807, 2.05) is 6.08 Å². The number of hydrogen-bond donors (Lipinski definition) is 3. The van der Waals surface area contributed by atoms with E-state index in [1.165, 1.54) is 128 Å². The molecule has 0 radical (unpaired) electrons. The minimum atomic E-state index is -0.826. The van der Waals surface area contributed by atoms with Crippen LogP contribution in [0.25, 0.3) is 0 Å². The molecule has 6 heteroatoms. The average Bonchev–Trinajstić information content (AvgIpc) is 3.31. The van der Waals surface area contributed by atoms with E-state index in [-0.39, 0.29) is 24.9 Å². The van der Waals surface area contributed by atoms with Crippen molar-refractivity contribution in [3.63, 3.8) is 0 Å². The average molecular weight is 921 g/mol. The van der Waals surface area contributed by atoms with Crippen LogP contribution in [0.2, 0.25) is 0 Å². The highest BCUT2D eigenvalue weighted by molar-refractivity contribution is 5.78. The van der Waals surface area contributed by atoms with E-state index in [4.69, 9.17) is 4.74 Å². The highest BCUT2D eigenvalue weighted by Crippen LogP contribution is 2.16. The van der Waals surface area contributed by atoms with Crippen LogP contribution in [0.1, 0.15) is 258 Å². The molecule has 0 saturated carbocycles. The lowest BCUT2D eigenvalue weighted by Gasteiger charge is -2.23. The van der Waals surface area contributed by atoms with Crippen LogP contribution in [0.4, 0.5) is 0 Å². The lowest BCUT2D eigenvalue weighted by Crippen LogP contribution is -2.46. The molecule has 0 rings (SSSR count). The van der Waals surface area contributed by atoms with Gasteiger partial charge in [-0.15, -0.1) is 0 Å². The maximum absolute atomic E-state index is 13.2. The Morgan fingerprint density at radius 1 is 0.485 bits per heavy atom. The fraction of sp³-hybridized carbons (Fsp3) is 0.733. The van der Waals surface area contributed by atoms with Crippen LogP contribution in [0.5, 0.6) is 0 Å². The summed E-state index contributed by atoms with van der Waals surface area (Å²) < 4.78 is 5.83. The molecule has 3 unspecified atom stereocenters. The molecule has 0 aliphatic heterocycles. The van der Waals surface area contributed by atoms with Crippen molar-refractivity contribution in [3.05, 3.63) is 85.1 Å². The number of carbonyl (C=O) groups excluding carboxylic acids is 2. The number of allylic oxidation sites excluding steroid dienone is 13. The number of carbonyl (C=O) groups is 2. The van der Waals surface area contributed by atoms with E-state index in [9.17, 15) is 19.8 Å². The predicted octanol–water partition coefficient (Wildman–Crippen LogP) is 17.1. The normalized spacial score (nSPS) is 13.8. The lowest BCUT2D eigenvalue weighted by atomic mass is 10.0. The Morgan fingerprint density at radius 3 is 1.32 bits per heavy atom. The van der Waals surface area contributed by atoms with Crippen molar-refractivity contribution < 1.29 is 24.5 Å². The first-order valence-corrected chi connectivity index (χ1v) is 27.8. The third-order valence-electron chi connectivity index (χ3n) is 12.2. The molecule has 0 aromatic rings. The van der Waals surface area contributed by atoms with Gasteiger partial charge < -0.3 is 20.3 Å². The molecule has 0 fully saturated rings. The van der Waals surface area contributed by atoms with Gasteiger partial charge >= 0.3 is 5.97 Å². The molecule has 0 spiro atoms. The van der Waals surface area contributed by atoms with E-state index in [0.717, 1.165) is 83.5 Å². The number of amides is 1. The van der Waals surface area contributed by atoms with Gasteiger partial charge in [-0.3, -0.25) is 9.59 Å². The van der Waals surface area contributed by atoms with Crippen molar-refractivity contribution in [2.24, 2.45) is 0 Å². The first-order valence-electron chi connectivity index (χ1n) is 27.8. The van der Waals surface area contributed by atoms with Crippen molar-refractivity contribution in [3.8, 4) is 0 Å². The highest BCUT2D eigenvalue weighted by atomic mass is 16.5. The van der Waals surface area contributed by atoms with Gasteiger partial charge in [-0.1, -0.05) is 254 Å². The van der Waals surface area contributed by atoms with Crippen molar-refractivity contribution in [1.29, 1.82) is 0 Å². The summed E-state index contributed by atoms with van der Waals surface area (Å²) in [6.45, 7) is 6.34. The van der Waals surface area contributed by atoms with Crippen LogP contribution in [0, 0.1) is 0 Å². The summed E-state index contributed by atoms with van der Waals surface area (Å²) in [6, 6.07) is -0.750. The molecule has 0 bridgehead atoms. The van der Waals surface area contributed by atoms with Gasteiger partial charge in [0.25, 0.3) is 0 Å². The molecule has 0 heterocycles. The monoisotopic (exact) mass is 920 g/mol. The minimum absolute atomic E-state index is 0.0551. The van der Waals surface area contributed by atoms with Crippen LogP contribution in [0.15, 0.2) is 85.1 Å². The summed E-state index contributed by atoms with van der Waals surface area (Å²) in [5.74, 6) is -0.646. The molecule has 0 aromatic heterocycles. The first-order chi connectivity index (χ1) is 32.5. The van der Waals surface area contributed by atoms with E-state index < -0.39 is 18.2 Å². The predicted molar refractivity (Wildman–Crippen MR) is 287 cm³/mol. The second-order valence-electron chi connectivity index (χ2n) is 18.6. The number of rotatable bonds is 49. The van der Waals surface area contributed by atoms with Gasteiger partial charge in [-0.25, -0.2) is 0 Å². The molecular weight excluding hydrogens is 815 g/mol. The summed E-state index contributed by atoms with van der Waals surface area (Å²) in [7, 11) is 0. The first kappa shape index (κ1) is 63.0. The summed E-state index contributed by atoms with van der Waals surface area (Å²) in [4.78, 5) is 26.2. The summed E-state index contributed by atoms with van der Waals surface area (Å²) in [5.41, 5.74) is 0. The number of unbranched alkanes of at least 4 members (excludes halogenated alkanes) is 26. The van der Waals surface area contributed by atoms with E-state index in [2.05, 4.69) is 99.0 Å². The lowest BCUT2D eigenvalue weighted by molar-refractivity contribution is -0.148. The largest absolute Gasteiger partial charge is 0.458 e. The van der Waals surface area contributed by atoms with Gasteiger partial charge in [0.1, 0.15) is 6.10 Å². The molecule has 66 heavy (non-hydrogen) atoms. The van der Waals surface area contributed by atoms with Gasteiger partial charge in [-0.2, -0.15) is 0 Å². The van der Waals surface area contributed by atoms with Crippen molar-refractivity contribution in [2.75, 3.05) is 6.61 Å². The topological polar surface area (TPSA) is 95.9 Å². The van der Waals surface area contributed by atoms with Crippen LogP contribution in [-0.4, -0.2) is 46.9 Å². The molecule has 0 aliphatic rings. The number of aliphatic hydroxyl groups excluding tert-OH is 2. The molecule has 3 atom stereocenters. The molecule has 1 amide bonds. The summed E-state index contributed by atoms with van der Waals surface area (Å²) in [5, 5.41) is 23.8. The minimum Gasteiger partial charge on any atom is -0.458 e. The number of hydrogen-bond acceptors (Lipinski definition) is 5. The zero-order valence-corrected chi connectivity index (χ0v) is 43.3. The number of aliphatic hydroxyl groups is 2. The Labute approximate surface area is 408 Å². The van der Waals surface area contributed by atoms with E-state index in [1.54, 1.807) is 6.08 Å². The van der Waals surface area contributed by atoms with Crippen molar-refractivity contribution >= 4 is 11.9 Å². The van der Waals surface area contributed by atoms with Gasteiger partial charge in [0.15, 0.2) is 0 Å². The Morgan fingerprint density at radius 2 is 0.879 bits per heavy atom.